The molecule has 0 aliphatic carbocycles. The van der Waals surface area contributed by atoms with Crippen molar-refractivity contribution in [3.63, 3.8) is 0 Å². The van der Waals surface area contributed by atoms with Crippen molar-refractivity contribution in [2.24, 2.45) is 0 Å². The molecular weight excluding hydrogens is 224 g/mol. The van der Waals surface area contributed by atoms with E-state index >= 15 is 0 Å². The minimum absolute atomic E-state index is 0.185. The number of rotatable bonds is 4. The molecule has 100 valence electrons. The van der Waals surface area contributed by atoms with Gasteiger partial charge in [-0.25, -0.2) is 4.98 Å². The predicted molar refractivity (Wildman–Crippen MR) is 73.8 cm³/mol. The third kappa shape index (κ3) is 3.22. The second kappa shape index (κ2) is 6.19. The van der Waals surface area contributed by atoms with Gasteiger partial charge in [-0.1, -0.05) is 19.4 Å². The van der Waals surface area contributed by atoms with E-state index in [-0.39, 0.29) is 6.10 Å². The molecule has 0 N–H and O–H groups in total. The Morgan fingerprint density at radius 2 is 2.22 bits per heavy atom. The Kier molecular flexibility index (Phi) is 4.59. The summed E-state index contributed by atoms with van der Waals surface area (Å²) in [5.74, 6) is 0.729. The van der Waals surface area contributed by atoms with E-state index in [1.807, 2.05) is 26.1 Å². The van der Waals surface area contributed by atoms with Gasteiger partial charge in [0.05, 0.1) is 6.10 Å². The van der Waals surface area contributed by atoms with Crippen molar-refractivity contribution in [3.05, 3.63) is 23.9 Å². The maximum Gasteiger partial charge on any atom is 0.213 e. The molecule has 1 aromatic rings. The molecule has 3 nitrogen and oxygen atoms in total. The molecule has 2 heterocycles. The van der Waals surface area contributed by atoms with Crippen molar-refractivity contribution >= 4 is 0 Å². The molecule has 1 aliphatic rings. The molecule has 1 aromatic heterocycles. The van der Waals surface area contributed by atoms with Crippen LogP contribution in [0.15, 0.2) is 18.3 Å². The molecule has 2 rings (SSSR count). The molecule has 1 atom stereocenters. The number of piperidine rings is 1. The van der Waals surface area contributed by atoms with Gasteiger partial charge in [0.1, 0.15) is 0 Å². The minimum atomic E-state index is 0.185. The molecule has 0 spiro atoms. The standard InChI is InChI=1S/C15H24N2O/c1-4-17-10-6-5-7-14(17)13-8-9-15(16-11-13)18-12(2)3/h8-9,11-12,14H,4-7,10H2,1-3H3/t14-/m0/s1. The van der Waals surface area contributed by atoms with E-state index in [0.29, 0.717) is 6.04 Å². The van der Waals surface area contributed by atoms with Gasteiger partial charge in [0, 0.05) is 18.3 Å². The first-order valence-electron chi connectivity index (χ1n) is 7.07. The molecule has 0 radical (unpaired) electrons. The highest BCUT2D eigenvalue weighted by atomic mass is 16.5. The summed E-state index contributed by atoms with van der Waals surface area (Å²) in [6, 6.07) is 4.71. The van der Waals surface area contributed by atoms with Gasteiger partial charge in [-0.05, 0) is 45.3 Å². The Labute approximate surface area is 110 Å². The van der Waals surface area contributed by atoms with Crippen molar-refractivity contribution in [3.8, 4) is 5.88 Å². The fourth-order valence-electron chi connectivity index (χ4n) is 2.65. The zero-order chi connectivity index (χ0) is 13.0. The number of aromatic nitrogens is 1. The summed E-state index contributed by atoms with van der Waals surface area (Å²) < 4.78 is 5.58. The minimum Gasteiger partial charge on any atom is -0.475 e. The van der Waals surface area contributed by atoms with Crippen molar-refractivity contribution in [2.45, 2.75) is 52.2 Å². The summed E-state index contributed by atoms with van der Waals surface area (Å²) in [5.41, 5.74) is 1.33. The van der Waals surface area contributed by atoms with Crippen molar-refractivity contribution < 1.29 is 4.74 Å². The van der Waals surface area contributed by atoms with Crippen LogP contribution >= 0.6 is 0 Å². The van der Waals surface area contributed by atoms with E-state index in [1.165, 1.54) is 31.4 Å². The van der Waals surface area contributed by atoms with Crippen LogP contribution in [-0.2, 0) is 0 Å². The van der Waals surface area contributed by atoms with Gasteiger partial charge < -0.3 is 4.74 Å². The highest BCUT2D eigenvalue weighted by Gasteiger charge is 2.22. The third-order valence-corrected chi connectivity index (χ3v) is 3.52. The summed E-state index contributed by atoms with van der Waals surface area (Å²) in [6.45, 7) is 8.62. The molecule has 18 heavy (non-hydrogen) atoms. The van der Waals surface area contributed by atoms with Crippen molar-refractivity contribution in [2.75, 3.05) is 13.1 Å². The molecule has 1 saturated heterocycles. The Bertz CT molecular complexity index is 361. The van der Waals surface area contributed by atoms with Crippen molar-refractivity contribution in [1.29, 1.82) is 0 Å². The fraction of sp³-hybridized carbons (Fsp3) is 0.667. The van der Waals surface area contributed by atoms with Crippen LogP contribution in [-0.4, -0.2) is 29.1 Å². The van der Waals surface area contributed by atoms with Gasteiger partial charge >= 0.3 is 0 Å². The van der Waals surface area contributed by atoms with E-state index in [0.717, 1.165) is 12.4 Å². The smallest absolute Gasteiger partial charge is 0.213 e. The molecule has 3 heteroatoms. The summed E-state index contributed by atoms with van der Waals surface area (Å²) in [7, 11) is 0. The normalized spacial score (nSPS) is 21.2. The van der Waals surface area contributed by atoms with E-state index in [1.54, 1.807) is 0 Å². The van der Waals surface area contributed by atoms with E-state index in [9.17, 15) is 0 Å². The highest BCUT2D eigenvalue weighted by Crippen LogP contribution is 2.30. The van der Waals surface area contributed by atoms with E-state index in [4.69, 9.17) is 4.74 Å². The molecule has 1 fully saturated rings. The van der Waals surface area contributed by atoms with E-state index < -0.39 is 0 Å². The first-order chi connectivity index (χ1) is 8.70. The van der Waals surface area contributed by atoms with Crippen LogP contribution in [0.4, 0.5) is 0 Å². The van der Waals surface area contributed by atoms with Crippen LogP contribution in [0.1, 0.15) is 51.6 Å². The molecule has 0 aromatic carbocycles. The first-order valence-corrected chi connectivity index (χ1v) is 7.07. The number of likely N-dealkylation sites (tertiary alicyclic amines) is 1. The lowest BCUT2D eigenvalue weighted by molar-refractivity contribution is 0.156. The monoisotopic (exact) mass is 248 g/mol. The lowest BCUT2D eigenvalue weighted by Crippen LogP contribution is -2.33. The van der Waals surface area contributed by atoms with Gasteiger partial charge in [0.2, 0.25) is 5.88 Å². The Balaban J connectivity index is 2.07. The topological polar surface area (TPSA) is 25.4 Å². The first kappa shape index (κ1) is 13.3. The lowest BCUT2D eigenvalue weighted by atomic mass is 9.96. The quantitative estimate of drug-likeness (QED) is 0.816. The summed E-state index contributed by atoms with van der Waals surface area (Å²) >= 11 is 0. The lowest BCUT2D eigenvalue weighted by Gasteiger charge is -2.35. The summed E-state index contributed by atoms with van der Waals surface area (Å²) in [5, 5.41) is 0. The van der Waals surface area contributed by atoms with Gasteiger partial charge in [0.25, 0.3) is 0 Å². The van der Waals surface area contributed by atoms with Gasteiger partial charge in [-0.15, -0.1) is 0 Å². The average Bonchev–Trinajstić information content (AvgIpc) is 2.39. The zero-order valence-corrected chi connectivity index (χ0v) is 11.7. The number of hydrogen-bond acceptors (Lipinski definition) is 3. The van der Waals surface area contributed by atoms with E-state index in [2.05, 4.69) is 22.9 Å². The molecular formula is C15H24N2O. The second-order valence-corrected chi connectivity index (χ2v) is 5.24. The number of pyridine rings is 1. The van der Waals surface area contributed by atoms with Crippen LogP contribution in [0.3, 0.4) is 0 Å². The molecule has 0 unspecified atom stereocenters. The average molecular weight is 248 g/mol. The summed E-state index contributed by atoms with van der Waals surface area (Å²) in [4.78, 5) is 6.96. The Morgan fingerprint density at radius 3 is 2.83 bits per heavy atom. The second-order valence-electron chi connectivity index (χ2n) is 5.24. The Morgan fingerprint density at radius 1 is 1.39 bits per heavy atom. The van der Waals surface area contributed by atoms with Crippen molar-refractivity contribution in [1.82, 2.24) is 9.88 Å². The Hall–Kier alpha value is -1.09. The highest BCUT2D eigenvalue weighted by molar-refractivity contribution is 5.21. The van der Waals surface area contributed by atoms with Gasteiger partial charge in [-0.2, -0.15) is 0 Å². The molecule has 1 aliphatic heterocycles. The molecule has 0 bridgehead atoms. The zero-order valence-electron chi connectivity index (χ0n) is 11.7. The van der Waals surface area contributed by atoms with Gasteiger partial charge in [0.15, 0.2) is 0 Å². The number of nitrogens with zero attached hydrogens (tertiary/aromatic N) is 2. The maximum absolute atomic E-state index is 5.58. The molecule has 0 amide bonds. The maximum atomic E-state index is 5.58. The van der Waals surface area contributed by atoms with Crippen LogP contribution in [0, 0.1) is 0 Å². The fourth-order valence-corrected chi connectivity index (χ4v) is 2.65. The van der Waals surface area contributed by atoms with Gasteiger partial charge in [-0.3, -0.25) is 4.90 Å². The largest absolute Gasteiger partial charge is 0.475 e. The van der Waals surface area contributed by atoms with Crippen LogP contribution in [0.25, 0.3) is 0 Å². The molecule has 0 saturated carbocycles. The SMILES string of the molecule is CCN1CCCC[C@H]1c1ccc(OC(C)C)nc1. The number of hydrogen-bond donors (Lipinski definition) is 0. The number of ether oxygens (including phenoxy) is 1. The summed E-state index contributed by atoms with van der Waals surface area (Å²) in [6.07, 6.45) is 6.07. The van der Waals surface area contributed by atoms with Crippen LogP contribution < -0.4 is 4.74 Å². The predicted octanol–water partition coefficient (Wildman–Crippen LogP) is 3.42. The van der Waals surface area contributed by atoms with Crippen LogP contribution in [0.2, 0.25) is 0 Å². The third-order valence-electron chi connectivity index (χ3n) is 3.52. The van der Waals surface area contributed by atoms with Crippen LogP contribution in [0.5, 0.6) is 5.88 Å².